The molecule has 12 heavy (non-hydrogen) atoms. The van der Waals surface area contributed by atoms with Crippen molar-refractivity contribution >= 4 is 5.82 Å². The lowest BCUT2D eigenvalue weighted by atomic mass is 10.2. The van der Waals surface area contributed by atoms with Crippen LogP contribution in [0.25, 0.3) is 0 Å². The first-order chi connectivity index (χ1) is 5.90. The average molecular weight is 164 g/mol. The second-order valence-electron chi connectivity index (χ2n) is 2.91. The Morgan fingerprint density at radius 1 is 1.42 bits per heavy atom. The van der Waals surface area contributed by atoms with E-state index in [0.717, 1.165) is 24.6 Å². The van der Waals surface area contributed by atoms with E-state index in [4.69, 9.17) is 5.73 Å². The average Bonchev–Trinajstić information content (AvgIpc) is 2.02. The van der Waals surface area contributed by atoms with Crippen LogP contribution >= 0.6 is 0 Å². The number of aromatic nitrogens is 2. The SMILES string of the molecule is NCc1cncc(N2CCC2)n1. The van der Waals surface area contributed by atoms with Crippen LogP contribution < -0.4 is 10.6 Å². The van der Waals surface area contributed by atoms with E-state index in [1.165, 1.54) is 6.42 Å². The van der Waals surface area contributed by atoms with E-state index >= 15 is 0 Å². The summed E-state index contributed by atoms with van der Waals surface area (Å²) < 4.78 is 0. The third-order valence-corrected chi connectivity index (χ3v) is 2.06. The van der Waals surface area contributed by atoms with Gasteiger partial charge in [-0.2, -0.15) is 0 Å². The number of anilines is 1. The third kappa shape index (κ3) is 1.25. The lowest BCUT2D eigenvalue weighted by Gasteiger charge is -2.31. The zero-order valence-electron chi connectivity index (χ0n) is 6.90. The quantitative estimate of drug-likeness (QED) is 0.675. The maximum Gasteiger partial charge on any atom is 0.147 e. The summed E-state index contributed by atoms with van der Waals surface area (Å²) in [5.74, 6) is 0.962. The maximum atomic E-state index is 5.46. The minimum absolute atomic E-state index is 0.467. The summed E-state index contributed by atoms with van der Waals surface area (Å²) in [7, 11) is 0. The molecule has 0 unspecified atom stereocenters. The molecule has 0 amide bonds. The lowest BCUT2D eigenvalue weighted by Crippen LogP contribution is -2.37. The zero-order chi connectivity index (χ0) is 8.39. The van der Waals surface area contributed by atoms with Crippen molar-refractivity contribution in [3.05, 3.63) is 18.1 Å². The minimum Gasteiger partial charge on any atom is -0.355 e. The highest BCUT2D eigenvalue weighted by Gasteiger charge is 2.15. The van der Waals surface area contributed by atoms with Crippen molar-refractivity contribution in [3.8, 4) is 0 Å². The Hall–Kier alpha value is -1.16. The van der Waals surface area contributed by atoms with Gasteiger partial charge in [0.25, 0.3) is 0 Å². The number of nitrogens with zero attached hydrogens (tertiary/aromatic N) is 3. The zero-order valence-corrected chi connectivity index (χ0v) is 6.90. The maximum absolute atomic E-state index is 5.46. The molecular weight excluding hydrogens is 152 g/mol. The molecule has 1 fully saturated rings. The molecule has 0 aromatic carbocycles. The molecule has 1 aromatic rings. The smallest absolute Gasteiger partial charge is 0.147 e. The first kappa shape index (κ1) is 7.49. The van der Waals surface area contributed by atoms with Crippen LogP contribution in [0.4, 0.5) is 5.82 Å². The molecule has 0 atom stereocenters. The molecule has 2 rings (SSSR count). The number of hydrogen-bond acceptors (Lipinski definition) is 4. The van der Waals surface area contributed by atoms with Crippen molar-refractivity contribution in [1.29, 1.82) is 0 Å². The first-order valence-corrected chi connectivity index (χ1v) is 4.16. The topological polar surface area (TPSA) is 55.0 Å². The van der Waals surface area contributed by atoms with Gasteiger partial charge in [-0.25, -0.2) is 4.98 Å². The van der Waals surface area contributed by atoms with E-state index < -0.39 is 0 Å². The second kappa shape index (κ2) is 3.06. The normalized spacial score (nSPS) is 15.9. The fourth-order valence-electron chi connectivity index (χ4n) is 1.19. The van der Waals surface area contributed by atoms with Gasteiger partial charge in [0.2, 0.25) is 0 Å². The van der Waals surface area contributed by atoms with Gasteiger partial charge in [-0.15, -0.1) is 0 Å². The summed E-state index contributed by atoms with van der Waals surface area (Å²) >= 11 is 0. The van der Waals surface area contributed by atoms with Crippen molar-refractivity contribution in [2.75, 3.05) is 18.0 Å². The summed E-state index contributed by atoms with van der Waals surface area (Å²) in [6.07, 6.45) is 4.76. The molecule has 0 bridgehead atoms. The Labute approximate surface area is 71.4 Å². The summed E-state index contributed by atoms with van der Waals surface area (Å²) in [5, 5.41) is 0. The van der Waals surface area contributed by atoms with Crippen molar-refractivity contribution < 1.29 is 0 Å². The monoisotopic (exact) mass is 164 g/mol. The van der Waals surface area contributed by atoms with Crippen LogP contribution in [0, 0.1) is 0 Å². The first-order valence-electron chi connectivity index (χ1n) is 4.16. The van der Waals surface area contributed by atoms with E-state index in [1.807, 2.05) is 0 Å². The van der Waals surface area contributed by atoms with E-state index in [0.29, 0.717) is 6.54 Å². The van der Waals surface area contributed by atoms with E-state index in [1.54, 1.807) is 12.4 Å². The molecule has 0 saturated carbocycles. The van der Waals surface area contributed by atoms with Gasteiger partial charge in [-0.05, 0) is 6.42 Å². The molecule has 0 spiro atoms. The predicted molar refractivity (Wildman–Crippen MR) is 46.8 cm³/mol. The highest BCUT2D eigenvalue weighted by atomic mass is 15.2. The molecule has 1 saturated heterocycles. The van der Waals surface area contributed by atoms with Gasteiger partial charge in [0, 0.05) is 25.8 Å². The Kier molecular flexibility index (Phi) is 1.91. The number of nitrogens with two attached hydrogens (primary N) is 1. The summed E-state index contributed by atoms with van der Waals surface area (Å²) in [6, 6.07) is 0. The molecular formula is C8H12N4. The van der Waals surface area contributed by atoms with Crippen LogP contribution in [0.15, 0.2) is 12.4 Å². The highest BCUT2D eigenvalue weighted by molar-refractivity contribution is 5.38. The van der Waals surface area contributed by atoms with Gasteiger partial charge in [0.1, 0.15) is 5.82 Å². The van der Waals surface area contributed by atoms with Gasteiger partial charge >= 0.3 is 0 Å². The number of hydrogen-bond donors (Lipinski definition) is 1. The van der Waals surface area contributed by atoms with Crippen molar-refractivity contribution in [3.63, 3.8) is 0 Å². The fraction of sp³-hybridized carbons (Fsp3) is 0.500. The molecule has 4 heteroatoms. The Morgan fingerprint density at radius 2 is 2.25 bits per heavy atom. The van der Waals surface area contributed by atoms with Crippen LogP contribution in [-0.4, -0.2) is 23.1 Å². The Morgan fingerprint density at radius 3 is 2.83 bits per heavy atom. The van der Waals surface area contributed by atoms with Gasteiger partial charge in [0.05, 0.1) is 11.9 Å². The van der Waals surface area contributed by atoms with E-state index in [-0.39, 0.29) is 0 Å². The lowest BCUT2D eigenvalue weighted by molar-refractivity contribution is 0.606. The van der Waals surface area contributed by atoms with E-state index in [9.17, 15) is 0 Å². The summed E-state index contributed by atoms with van der Waals surface area (Å²) in [6.45, 7) is 2.67. The second-order valence-corrected chi connectivity index (χ2v) is 2.91. The van der Waals surface area contributed by atoms with Gasteiger partial charge < -0.3 is 10.6 Å². The van der Waals surface area contributed by atoms with Gasteiger partial charge in [-0.1, -0.05) is 0 Å². The molecule has 0 radical (unpaired) electrons. The van der Waals surface area contributed by atoms with Crippen LogP contribution in [0.5, 0.6) is 0 Å². The molecule has 1 aliphatic heterocycles. The molecule has 0 aliphatic carbocycles. The molecule has 1 aliphatic rings. The van der Waals surface area contributed by atoms with Crippen LogP contribution in [0.2, 0.25) is 0 Å². The van der Waals surface area contributed by atoms with Crippen molar-refractivity contribution in [2.24, 2.45) is 5.73 Å². The molecule has 64 valence electrons. The van der Waals surface area contributed by atoms with Crippen LogP contribution in [0.3, 0.4) is 0 Å². The largest absolute Gasteiger partial charge is 0.355 e. The van der Waals surface area contributed by atoms with Crippen molar-refractivity contribution in [1.82, 2.24) is 9.97 Å². The summed E-state index contributed by atoms with van der Waals surface area (Å²) in [5.41, 5.74) is 6.32. The molecule has 4 nitrogen and oxygen atoms in total. The highest BCUT2D eigenvalue weighted by Crippen LogP contribution is 2.16. The Balaban J connectivity index is 2.19. The minimum atomic E-state index is 0.467. The summed E-state index contributed by atoms with van der Waals surface area (Å²) in [4.78, 5) is 10.6. The van der Waals surface area contributed by atoms with E-state index in [2.05, 4.69) is 14.9 Å². The van der Waals surface area contributed by atoms with Crippen molar-refractivity contribution in [2.45, 2.75) is 13.0 Å². The Bertz CT molecular complexity index is 270. The van der Waals surface area contributed by atoms with Gasteiger partial charge in [-0.3, -0.25) is 4.98 Å². The van der Waals surface area contributed by atoms with Crippen LogP contribution in [-0.2, 0) is 6.54 Å². The standard InChI is InChI=1S/C8H12N4/c9-4-7-5-10-6-8(11-7)12-2-1-3-12/h5-6H,1-4,9H2. The molecule has 2 heterocycles. The molecule has 1 aromatic heterocycles. The van der Waals surface area contributed by atoms with Gasteiger partial charge in [0.15, 0.2) is 0 Å². The third-order valence-electron chi connectivity index (χ3n) is 2.06. The fourth-order valence-corrected chi connectivity index (χ4v) is 1.19. The predicted octanol–water partition coefficient (Wildman–Crippen LogP) is 0.145. The molecule has 2 N–H and O–H groups in total. The van der Waals surface area contributed by atoms with Crippen LogP contribution in [0.1, 0.15) is 12.1 Å². The number of rotatable bonds is 2.